The molecular weight excluding hydrogens is 517 g/mol. The molecule has 0 bridgehead atoms. The molecule has 9 nitrogen and oxygen atoms in total. The van der Waals surface area contributed by atoms with E-state index in [1.807, 2.05) is 0 Å². The summed E-state index contributed by atoms with van der Waals surface area (Å²) in [5.74, 6) is -2.38. The van der Waals surface area contributed by atoms with Crippen LogP contribution in [0.15, 0.2) is 35.9 Å². The van der Waals surface area contributed by atoms with E-state index in [0.29, 0.717) is 5.02 Å². The number of urea groups is 1. The van der Waals surface area contributed by atoms with E-state index in [2.05, 4.69) is 5.32 Å². The van der Waals surface area contributed by atoms with Gasteiger partial charge in [-0.3, -0.25) is 25.0 Å². The van der Waals surface area contributed by atoms with Gasteiger partial charge in [0.25, 0.3) is 11.8 Å². The number of nitrogens with one attached hydrogen (secondary N) is 1. The number of aryl methyl sites for hydroxylation is 1. The van der Waals surface area contributed by atoms with E-state index in [1.54, 1.807) is 35.6 Å². The average molecular weight is 528 g/mol. The lowest BCUT2D eigenvalue weighted by molar-refractivity contribution is -0.386. The van der Waals surface area contributed by atoms with E-state index in [9.17, 15) is 29.6 Å². The van der Waals surface area contributed by atoms with Crippen LogP contribution in [0.4, 0.5) is 16.2 Å². The highest BCUT2D eigenvalue weighted by molar-refractivity contribution is 14.1. The van der Waals surface area contributed by atoms with Crippen molar-refractivity contribution in [1.29, 1.82) is 0 Å². The molecule has 2 aromatic rings. The van der Waals surface area contributed by atoms with Gasteiger partial charge in [-0.25, -0.2) is 9.69 Å². The van der Waals surface area contributed by atoms with Crippen LogP contribution >= 0.6 is 34.2 Å². The summed E-state index contributed by atoms with van der Waals surface area (Å²) in [6.07, 6.45) is 1.11. The van der Waals surface area contributed by atoms with E-state index in [0.717, 1.165) is 22.6 Å². The highest BCUT2D eigenvalue weighted by Gasteiger charge is 2.37. The maximum Gasteiger partial charge on any atom is 0.335 e. The Morgan fingerprint density at radius 3 is 2.55 bits per heavy atom. The number of imide groups is 2. The molecule has 1 heterocycles. The predicted molar refractivity (Wildman–Crippen MR) is 113 cm³/mol. The van der Waals surface area contributed by atoms with Gasteiger partial charge in [0, 0.05) is 11.1 Å². The van der Waals surface area contributed by atoms with Crippen molar-refractivity contribution in [2.24, 2.45) is 0 Å². The fraction of sp³-hybridized carbons (Fsp3) is 0.0556. The first-order chi connectivity index (χ1) is 13.6. The van der Waals surface area contributed by atoms with Gasteiger partial charge in [0.15, 0.2) is 0 Å². The zero-order valence-corrected chi connectivity index (χ0v) is 17.5. The molecule has 4 amide bonds. The summed E-state index contributed by atoms with van der Waals surface area (Å²) in [5, 5.41) is 23.3. The normalized spacial score (nSPS) is 15.6. The minimum absolute atomic E-state index is 0.133. The van der Waals surface area contributed by atoms with Gasteiger partial charge in [-0.2, -0.15) is 0 Å². The third kappa shape index (κ3) is 3.93. The lowest BCUT2D eigenvalue weighted by Gasteiger charge is -2.26. The molecule has 0 unspecified atom stereocenters. The third-order valence-electron chi connectivity index (χ3n) is 4.09. The summed E-state index contributed by atoms with van der Waals surface area (Å²) >= 11 is 7.75. The zero-order valence-electron chi connectivity index (χ0n) is 14.6. The Hall–Kier alpha value is -2.99. The molecule has 0 atom stereocenters. The number of halogens is 2. The molecule has 0 spiro atoms. The number of nitro groups is 1. The molecule has 11 heteroatoms. The lowest BCUT2D eigenvalue weighted by Crippen LogP contribution is -2.54. The third-order valence-corrected chi connectivity index (χ3v) is 5.32. The van der Waals surface area contributed by atoms with Gasteiger partial charge in [0.1, 0.15) is 5.57 Å². The minimum Gasteiger partial charge on any atom is -0.501 e. The maximum absolute atomic E-state index is 12.9. The Morgan fingerprint density at radius 1 is 1.24 bits per heavy atom. The topological polar surface area (TPSA) is 130 Å². The van der Waals surface area contributed by atoms with Gasteiger partial charge < -0.3 is 5.11 Å². The summed E-state index contributed by atoms with van der Waals surface area (Å²) < 4.78 is 0.158. The molecule has 0 radical (unpaired) electrons. The number of carbonyl (C=O) groups is 3. The van der Waals surface area contributed by atoms with E-state index in [4.69, 9.17) is 11.6 Å². The Labute approximate surface area is 182 Å². The van der Waals surface area contributed by atoms with Crippen LogP contribution in [0.5, 0.6) is 5.75 Å². The number of rotatable bonds is 3. The maximum atomic E-state index is 12.9. The molecule has 1 fully saturated rings. The van der Waals surface area contributed by atoms with Crippen LogP contribution in [-0.2, 0) is 9.59 Å². The van der Waals surface area contributed by atoms with Crippen LogP contribution in [0.2, 0.25) is 5.02 Å². The second kappa shape index (κ2) is 7.79. The van der Waals surface area contributed by atoms with Crippen LogP contribution in [0.3, 0.4) is 0 Å². The number of benzene rings is 2. The van der Waals surface area contributed by atoms with Crippen LogP contribution in [0.1, 0.15) is 11.1 Å². The number of carbonyl (C=O) groups excluding carboxylic acids is 3. The SMILES string of the molecule is Cc1ccc(N2C(=O)NC(=O)/C(=C/c3cc(I)c(O)c([N+](=O)[O-])c3)C2=O)cc1Cl. The Morgan fingerprint density at radius 2 is 1.93 bits per heavy atom. The van der Waals surface area contributed by atoms with Crippen molar-refractivity contribution in [2.75, 3.05) is 4.90 Å². The van der Waals surface area contributed by atoms with Crippen molar-refractivity contribution in [3.63, 3.8) is 0 Å². The summed E-state index contributed by atoms with van der Waals surface area (Å²) in [5.41, 5.74) is 0.0438. The summed E-state index contributed by atoms with van der Waals surface area (Å²) in [7, 11) is 0. The largest absolute Gasteiger partial charge is 0.501 e. The second-order valence-corrected chi connectivity index (χ2v) is 7.59. The van der Waals surface area contributed by atoms with Crippen molar-refractivity contribution in [1.82, 2.24) is 5.32 Å². The molecule has 1 aliphatic rings. The quantitative estimate of drug-likeness (QED) is 0.207. The number of hydrogen-bond acceptors (Lipinski definition) is 6. The fourth-order valence-electron chi connectivity index (χ4n) is 2.61. The van der Waals surface area contributed by atoms with Crippen molar-refractivity contribution < 1.29 is 24.4 Å². The smallest absolute Gasteiger partial charge is 0.335 e. The van der Waals surface area contributed by atoms with E-state index >= 15 is 0 Å². The van der Waals surface area contributed by atoms with Gasteiger partial charge in [-0.1, -0.05) is 17.7 Å². The number of barbiturate groups is 1. The van der Waals surface area contributed by atoms with Gasteiger partial charge in [-0.15, -0.1) is 0 Å². The van der Waals surface area contributed by atoms with E-state index in [-0.39, 0.29) is 14.8 Å². The van der Waals surface area contributed by atoms with E-state index < -0.39 is 39.8 Å². The van der Waals surface area contributed by atoms with Gasteiger partial charge in [0.2, 0.25) is 5.75 Å². The Kier molecular flexibility index (Phi) is 5.57. The molecule has 148 valence electrons. The van der Waals surface area contributed by atoms with Crippen LogP contribution < -0.4 is 10.2 Å². The van der Waals surface area contributed by atoms with Crippen molar-refractivity contribution in [2.45, 2.75) is 6.92 Å². The minimum atomic E-state index is -0.944. The van der Waals surface area contributed by atoms with Crippen molar-refractivity contribution >= 4 is 69.5 Å². The summed E-state index contributed by atoms with van der Waals surface area (Å²) in [6.45, 7) is 1.75. The van der Waals surface area contributed by atoms with Gasteiger partial charge in [-0.05, 0) is 64.9 Å². The number of anilines is 1. The Balaban J connectivity index is 2.08. The highest BCUT2D eigenvalue weighted by atomic mass is 127. The van der Waals surface area contributed by atoms with Crippen LogP contribution in [0, 0.1) is 20.6 Å². The monoisotopic (exact) mass is 527 g/mol. The molecule has 1 saturated heterocycles. The van der Waals surface area contributed by atoms with Crippen LogP contribution in [0.25, 0.3) is 6.08 Å². The molecule has 2 aromatic carbocycles. The molecule has 1 aliphatic heterocycles. The second-order valence-electron chi connectivity index (χ2n) is 6.02. The molecular formula is C18H11ClIN3O6. The fourth-order valence-corrected chi connectivity index (χ4v) is 3.42. The molecule has 3 rings (SSSR count). The molecule has 29 heavy (non-hydrogen) atoms. The number of phenols is 1. The average Bonchev–Trinajstić information content (AvgIpc) is 2.63. The van der Waals surface area contributed by atoms with Crippen molar-refractivity contribution in [3.05, 3.63) is 65.7 Å². The number of nitrogens with zero attached hydrogens (tertiary/aromatic N) is 2. The number of aromatic hydroxyl groups is 1. The lowest BCUT2D eigenvalue weighted by atomic mass is 10.1. The number of amides is 4. The van der Waals surface area contributed by atoms with Crippen LogP contribution in [-0.4, -0.2) is 27.9 Å². The van der Waals surface area contributed by atoms with Gasteiger partial charge >= 0.3 is 11.7 Å². The Bertz CT molecular complexity index is 1130. The molecule has 0 saturated carbocycles. The van der Waals surface area contributed by atoms with Gasteiger partial charge in [0.05, 0.1) is 14.2 Å². The highest BCUT2D eigenvalue weighted by Crippen LogP contribution is 2.33. The zero-order chi connectivity index (χ0) is 21.5. The molecule has 2 N–H and O–H groups in total. The first-order valence-electron chi connectivity index (χ1n) is 7.94. The first kappa shape index (κ1) is 20.7. The van der Waals surface area contributed by atoms with E-state index in [1.165, 1.54) is 18.2 Å². The standard InChI is InChI=1S/C18H11ClIN3O6/c1-8-2-3-10(7-12(8)19)22-17(26)11(16(25)21-18(22)27)4-9-5-13(20)15(24)14(6-9)23(28)29/h2-7,24H,1H3,(H,21,25,27)/b11-4-. The molecule has 0 aliphatic carbocycles. The number of hydrogen-bond donors (Lipinski definition) is 2. The summed E-state index contributed by atoms with van der Waals surface area (Å²) in [6, 6.07) is 5.97. The number of nitro benzene ring substituents is 1. The molecule has 0 aromatic heterocycles. The van der Waals surface area contributed by atoms with Crippen molar-refractivity contribution in [3.8, 4) is 5.75 Å². The number of phenolic OH excluding ortho intramolecular Hbond substituents is 1. The summed E-state index contributed by atoms with van der Waals surface area (Å²) in [4.78, 5) is 48.4. The predicted octanol–water partition coefficient (Wildman–Crippen LogP) is 3.53. The first-order valence-corrected chi connectivity index (χ1v) is 9.40.